The van der Waals surface area contributed by atoms with E-state index in [9.17, 15) is 4.79 Å². The number of rotatable bonds is 5. The number of amides is 1. The molecule has 25 heavy (non-hydrogen) atoms. The first-order chi connectivity index (χ1) is 12.1. The summed E-state index contributed by atoms with van der Waals surface area (Å²) in [5, 5.41) is 3.44. The van der Waals surface area contributed by atoms with Crippen molar-refractivity contribution in [2.45, 2.75) is 19.4 Å². The molecule has 3 nitrogen and oxygen atoms in total. The van der Waals surface area contributed by atoms with Gasteiger partial charge < -0.3 is 4.90 Å². The molecule has 0 aliphatic carbocycles. The minimum Gasteiger partial charge on any atom is -0.339 e. The van der Waals surface area contributed by atoms with Crippen LogP contribution in [-0.2, 0) is 11.2 Å². The zero-order chi connectivity index (χ0) is 17.8. The number of benzene rings is 2. The van der Waals surface area contributed by atoms with Gasteiger partial charge in [-0.3, -0.25) is 4.79 Å². The molecule has 0 aliphatic heterocycles. The molecule has 2 aromatic carbocycles. The quantitative estimate of drug-likeness (QED) is 0.616. The van der Waals surface area contributed by atoms with E-state index < -0.39 is 0 Å². The molecule has 0 aliphatic rings. The van der Waals surface area contributed by atoms with E-state index in [1.165, 1.54) is 11.3 Å². The molecule has 0 saturated carbocycles. The highest BCUT2D eigenvalue weighted by atomic mass is 35.5. The minimum absolute atomic E-state index is 0.0235. The number of carbonyl (C=O) groups is 1. The van der Waals surface area contributed by atoms with Crippen molar-refractivity contribution >= 4 is 28.8 Å². The van der Waals surface area contributed by atoms with Crippen LogP contribution >= 0.6 is 22.9 Å². The predicted octanol–water partition coefficient (Wildman–Crippen LogP) is 5.23. The number of thiazole rings is 1. The van der Waals surface area contributed by atoms with Crippen LogP contribution in [0.1, 0.15) is 24.2 Å². The molecule has 0 saturated heterocycles. The molecule has 5 heteroatoms. The molecule has 0 N–H and O–H groups in total. The maximum atomic E-state index is 12.6. The van der Waals surface area contributed by atoms with Gasteiger partial charge in [-0.2, -0.15) is 0 Å². The van der Waals surface area contributed by atoms with Gasteiger partial charge in [0.1, 0.15) is 5.01 Å². The number of hydrogen-bond donors (Lipinski definition) is 0. The van der Waals surface area contributed by atoms with E-state index in [1.54, 1.807) is 4.90 Å². The molecule has 0 fully saturated rings. The highest BCUT2D eigenvalue weighted by Gasteiger charge is 2.19. The Morgan fingerprint density at radius 1 is 1.16 bits per heavy atom. The Hall–Kier alpha value is -2.17. The number of likely N-dealkylation sites (N-methyl/N-ethyl adjacent to an activating group) is 1. The SMILES string of the molecule is C[C@@H](c1ccccc1)N(C)C(=O)Cc1csc(-c2ccccc2Cl)n1. The Labute approximate surface area is 156 Å². The smallest absolute Gasteiger partial charge is 0.228 e. The summed E-state index contributed by atoms with van der Waals surface area (Å²) in [6.07, 6.45) is 0.286. The lowest BCUT2D eigenvalue weighted by Gasteiger charge is -2.25. The van der Waals surface area contributed by atoms with Gasteiger partial charge in [-0.15, -0.1) is 11.3 Å². The van der Waals surface area contributed by atoms with Gasteiger partial charge in [-0.05, 0) is 18.6 Å². The van der Waals surface area contributed by atoms with Crippen molar-refractivity contribution in [3.05, 3.63) is 76.3 Å². The number of halogens is 1. The van der Waals surface area contributed by atoms with Crippen LogP contribution in [0.5, 0.6) is 0 Å². The standard InChI is InChI=1S/C20H19ClN2OS/c1-14(15-8-4-3-5-9-15)23(2)19(24)12-16-13-25-20(22-16)17-10-6-7-11-18(17)21/h3-11,13-14H,12H2,1-2H3/t14-/m0/s1. The van der Waals surface area contributed by atoms with Gasteiger partial charge in [0.2, 0.25) is 5.91 Å². The number of aromatic nitrogens is 1. The molecule has 1 amide bonds. The van der Waals surface area contributed by atoms with E-state index in [-0.39, 0.29) is 18.4 Å². The molecular weight excluding hydrogens is 352 g/mol. The number of hydrogen-bond acceptors (Lipinski definition) is 3. The fourth-order valence-corrected chi connectivity index (χ4v) is 3.74. The zero-order valence-electron chi connectivity index (χ0n) is 14.1. The van der Waals surface area contributed by atoms with E-state index >= 15 is 0 Å². The summed E-state index contributed by atoms with van der Waals surface area (Å²) in [4.78, 5) is 19.0. The van der Waals surface area contributed by atoms with Gasteiger partial charge in [-0.25, -0.2) is 4.98 Å². The molecule has 3 aromatic rings. The topological polar surface area (TPSA) is 33.2 Å². The largest absolute Gasteiger partial charge is 0.339 e. The maximum Gasteiger partial charge on any atom is 0.228 e. The second kappa shape index (κ2) is 7.81. The van der Waals surface area contributed by atoms with E-state index in [0.717, 1.165) is 21.8 Å². The molecule has 1 aromatic heterocycles. The lowest BCUT2D eigenvalue weighted by atomic mass is 10.1. The van der Waals surface area contributed by atoms with Gasteiger partial charge in [0.05, 0.1) is 23.2 Å². The first kappa shape index (κ1) is 17.6. The first-order valence-electron chi connectivity index (χ1n) is 8.06. The van der Waals surface area contributed by atoms with Crippen LogP contribution in [0, 0.1) is 0 Å². The second-order valence-corrected chi connectivity index (χ2v) is 7.16. The highest BCUT2D eigenvalue weighted by Crippen LogP contribution is 2.30. The Morgan fingerprint density at radius 2 is 1.84 bits per heavy atom. The van der Waals surface area contributed by atoms with Gasteiger partial charge >= 0.3 is 0 Å². The average Bonchev–Trinajstić information content (AvgIpc) is 3.09. The zero-order valence-corrected chi connectivity index (χ0v) is 15.7. The summed E-state index contributed by atoms with van der Waals surface area (Å²) in [7, 11) is 1.83. The van der Waals surface area contributed by atoms with Crippen LogP contribution in [0.3, 0.4) is 0 Å². The van der Waals surface area contributed by atoms with Crippen LogP contribution in [0.25, 0.3) is 10.6 Å². The van der Waals surface area contributed by atoms with Crippen LogP contribution < -0.4 is 0 Å². The van der Waals surface area contributed by atoms with Gasteiger partial charge in [0.25, 0.3) is 0 Å². The Kier molecular flexibility index (Phi) is 5.51. The van der Waals surface area contributed by atoms with Crippen LogP contribution in [0.2, 0.25) is 5.02 Å². The summed E-state index contributed by atoms with van der Waals surface area (Å²) in [5.41, 5.74) is 2.80. The summed E-state index contributed by atoms with van der Waals surface area (Å²) in [6, 6.07) is 17.7. The monoisotopic (exact) mass is 370 g/mol. The summed E-state index contributed by atoms with van der Waals surface area (Å²) in [6.45, 7) is 2.03. The minimum atomic E-state index is 0.0235. The lowest BCUT2D eigenvalue weighted by Crippen LogP contribution is -2.31. The third-order valence-electron chi connectivity index (χ3n) is 4.24. The fourth-order valence-electron chi connectivity index (χ4n) is 2.60. The van der Waals surface area contributed by atoms with E-state index in [4.69, 9.17) is 11.6 Å². The van der Waals surface area contributed by atoms with Crippen molar-refractivity contribution in [2.75, 3.05) is 7.05 Å². The third kappa shape index (κ3) is 4.09. The Bertz CT molecular complexity index is 863. The molecule has 3 rings (SSSR count). The first-order valence-corrected chi connectivity index (χ1v) is 9.32. The normalized spacial score (nSPS) is 12.0. The molecule has 0 unspecified atom stereocenters. The Morgan fingerprint density at radius 3 is 2.56 bits per heavy atom. The fraction of sp³-hybridized carbons (Fsp3) is 0.200. The van der Waals surface area contributed by atoms with Crippen LogP contribution in [0.15, 0.2) is 60.0 Å². The van der Waals surface area contributed by atoms with Crippen LogP contribution in [-0.4, -0.2) is 22.8 Å². The van der Waals surface area contributed by atoms with Gasteiger partial charge in [0.15, 0.2) is 0 Å². The predicted molar refractivity (Wildman–Crippen MR) is 104 cm³/mol. The Balaban J connectivity index is 1.70. The molecule has 1 atom stereocenters. The van der Waals surface area contributed by atoms with Crippen LogP contribution in [0.4, 0.5) is 0 Å². The van der Waals surface area contributed by atoms with E-state index in [2.05, 4.69) is 4.98 Å². The summed E-state index contributed by atoms with van der Waals surface area (Å²) in [5.74, 6) is 0.0485. The summed E-state index contributed by atoms with van der Waals surface area (Å²) >= 11 is 7.73. The third-order valence-corrected chi connectivity index (χ3v) is 5.50. The molecule has 0 spiro atoms. The molecular formula is C20H19ClN2OS. The molecule has 0 bridgehead atoms. The van der Waals surface area contributed by atoms with Crippen molar-refractivity contribution in [1.82, 2.24) is 9.88 Å². The maximum absolute atomic E-state index is 12.6. The van der Waals surface area contributed by atoms with Gasteiger partial charge in [-0.1, -0.05) is 60.1 Å². The molecule has 128 valence electrons. The molecule has 0 radical (unpaired) electrons. The van der Waals surface area contributed by atoms with E-state index in [1.807, 2.05) is 73.9 Å². The average molecular weight is 371 g/mol. The lowest BCUT2D eigenvalue weighted by molar-refractivity contribution is -0.131. The van der Waals surface area contributed by atoms with Gasteiger partial charge in [0, 0.05) is 18.0 Å². The number of nitrogens with zero attached hydrogens (tertiary/aromatic N) is 2. The van der Waals surface area contributed by atoms with E-state index in [0.29, 0.717) is 5.02 Å². The van der Waals surface area contributed by atoms with Crippen molar-refractivity contribution in [3.8, 4) is 10.6 Å². The van der Waals surface area contributed by atoms with Crippen molar-refractivity contribution in [2.24, 2.45) is 0 Å². The van der Waals surface area contributed by atoms with Crippen molar-refractivity contribution < 1.29 is 4.79 Å². The molecule has 1 heterocycles. The summed E-state index contributed by atoms with van der Waals surface area (Å²) < 4.78 is 0. The second-order valence-electron chi connectivity index (χ2n) is 5.89. The van der Waals surface area contributed by atoms with Crippen molar-refractivity contribution in [1.29, 1.82) is 0 Å². The number of carbonyl (C=O) groups excluding carboxylic acids is 1. The highest BCUT2D eigenvalue weighted by molar-refractivity contribution is 7.13. The van der Waals surface area contributed by atoms with Crippen molar-refractivity contribution in [3.63, 3.8) is 0 Å².